The fourth-order valence-corrected chi connectivity index (χ4v) is 4.17. The summed E-state index contributed by atoms with van der Waals surface area (Å²) in [5.74, 6) is 0.673. The lowest BCUT2D eigenvalue weighted by molar-refractivity contribution is -0.117. The number of ether oxygens (including phenoxy) is 2. The number of carbonyl (C=O) groups excluding carboxylic acids is 1. The maximum absolute atomic E-state index is 13.2. The minimum Gasteiger partial charge on any atom is -0.503 e. The molecular formula is C24H20BrNO4. The third-order valence-electron chi connectivity index (χ3n) is 5.16. The highest BCUT2D eigenvalue weighted by atomic mass is 79.9. The quantitative estimate of drug-likeness (QED) is 0.538. The average Bonchev–Trinajstić information content (AvgIpc) is 3.04. The average molecular weight is 466 g/mol. The van der Waals surface area contributed by atoms with Crippen LogP contribution in [-0.4, -0.2) is 25.2 Å². The summed E-state index contributed by atoms with van der Waals surface area (Å²) >= 11 is 3.61. The van der Waals surface area contributed by atoms with Crippen LogP contribution in [0.5, 0.6) is 11.5 Å². The van der Waals surface area contributed by atoms with E-state index in [1.807, 2.05) is 60.7 Å². The van der Waals surface area contributed by atoms with Crippen molar-refractivity contribution in [2.45, 2.75) is 6.04 Å². The molecule has 4 rings (SSSR count). The number of amides is 1. The van der Waals surface area contributed by atoms with Gasteiger partial charge in [-0.1, -0.05) is 46.3 Å². The lowest BCUT2D eigenvalue weighted by Crippen LogP contribution is -2.30. The van der Waals surface area contributed by atoms with E-state index in [1.165, 1.54) is 0 Å². The van der Waals surface area contributed by atoms with Crippen LogP contribution in [0.25, 0.3) is 5.57 Å². The highest BCUT2D eigenvalue weighted by Crippen LogP contribution is 2.47. The van der Waals surface area contributed by atoms with Crippen molar-refractivity contribution in [3.8, 4) is 11.5 Å². The van der Waals surface area contributed by atoms with Crippen LogP contribution in [0.2, 0.25) is 0 Å². The Kier molecular flexibility index (Phi) is 5.50. The second-order valence-corrected chi connectivity index (χ2v) is 7.64. The van der Waals surface area contributed by atoms with Crippen LogP contribution in [0.4, 0.5) is 5.69 Å². The van der Waals surface area contributed by atoms with Gasteiger partial charge in [-0.2, -0.15) is 0 Å². The van der Waals surface area contributed by atoms with Gasteiger partial charge in [0.2, 0.25) is 0 Å². The molecule has 3 aromatic rings. The topological polar surface area (TPSA) is 59.0 Å². The van der Waals surface area contributed by atoms with Crippen molar-refractivity contribution >= 4 is 33.1 Å². The number of carbonyl (C=O) groups is 1. The van der Waals surface area contributed by atoms with Gasteiger partial charge in [-0.25, -0.2) is 0 Å². The number of nitrogens with zero attached hydrogens (tertiary/aromatic N) is 1. The molecule has 0 spiro atoms. The predicted octanol–water partition coefficient (Wildman–Crippen LogP) is 5.52. The Balaban J connectivity index is 1.88. The molecule has 0 aliphatic carbocycles. The lowest BCUT2D eigenvalue weighted by atomic mass is 9.93. The van der Waals surface area contributed by atoms with Crippen molar-refractivity contribution in [2.75, 3.05) is 19.1 Å². The first-order valence-corrected chi connectivity index (χ1v) is 10.1. The van der Waals surface area contributed by atoms with Crippen molar-refractivity contribution in [3.63, 3.8) is 0 Å². The molecule has 1 heterocycles. The number of methoxy groups -OCH3 is 2. The normalized spacial score (nSPS) is 16.2. The molecule has 1 N–H and O–H groups in total. The van der Waals surface area contributed by atoms with E-state index in [2.05, 4.69) is 15.9 Å². The van der Waals surface area contributed by atoms with E-state index in [1.54, 1.807) is 31.3 Å². The molecule has 0 saturated heterocycles. The van der Waals surface area contributed by atoms with Gasteiger partial charge in [-0.3, -0.25) is 9.69 Å². The highest BCUT2D eigenvalue weighted by Gasteiger charge is 2.42. The van der Waals surface area contributed by atoms with Crippen LogP contribution >= 0.6 is 15.9 Å². The summed E-state index contributed by atoms with van der Waals surface area (Å²) in [7, 11) is 3.19. The van der Waals surface area contributed by atoms with Crippen molar-refractivity contribution in [2.24, 2.45) is 0 Å². The SMILES string of the molecule is COc1ccc(C2=C(O)C(=O)N(c3ccc(OC)cc3)[C@@H]2c2ccccc2Br)cc1. The van der Waals surface area contributed by atoms with Crippen LogP contribution in [0.3, 0.4) is 0 Å². The number of aliphatic hydroxyl groups is 1. The summed E-state index contributed by atoms with van der Waals surface area (Å²) in [4.78, 5) is 14.8. The van der Waals surface area contributed by atoms with Gasteiger partial charge in [0.15, 0.2) is 5.76 Å². The van der Waals surface area contributed by atoms with Crippen LogP contribution in [0, 0.1) is 0 Å². The minimum atomic E-state index is -0.505. The van der Waals surface area contributed by atoms with Crippen molar-refractivity contribution in [3.05, 3.63) is 94.2 Å². The molecule has 152 valence electrons. The number of benzene rings is 3. The molecule has 0 aromatic heterocycles. The van der Waals surface area contributed by atoms with Gasteiger partial charge in [0, 0.05) is 15.7 Å². The highest BCUT2D eigenvalue weighted by molar-refractivity contribution is 9.10. The zero-order valence-electron chi connectivity index (χ0n) is 16.5. The number of halogens is 1. The summed E-state index contributed by atoms with van der Waals surface area (Å²) in [5, 5.41) is 10.9. The molecule has 0 saturated carbocycles. The zero-order valence-corrected chi connectivity index (χ0v) is 18.1. The van der Waals surface area contributed by atoms with E-state index in [9.17, 15) is 9.90 Å². The lowest BCUT2D eigenvalue weighted by Gasteiger charge is -2.28. The summed E-state index contributed by atoms with van der Waals surface area (Å²) in [6.45, 7) is 0. The maximum Gasteiger partial charge on any atom is 0.294 e. The fraction of sp³-hybridized carbons (Fsp3) is 0.125. The monoisotopic (exact) mass is 465 g/mol. The largest absolute Gasteiger partial charge is 0.503 e. The molecule has 1 amide bonds. The van der Waals surface area contributed by atoms with Gasteiger partial charge in [-0.05, 0) is 53.6 Å². The molecule has 0 bridgehead atoms. The first-order chi connectivity index (χ1) is 14.5. The first kappa shape index (κ1) is 20.0. The molecule has 6 heteroatoms. The maximum atomic E-state index is 13.2. The van der Waals surface area contributed by atoms with Crippen molar-refractivity contribution in [1.29, 1.82) is 0 Å². The third-order valence-corrected chi connectivity index (χ3v) is 5.88. The van der Waals surface area contributed by atoms with Crippen LogP contribution < -0.4 is 14.4 Å². The Morgan fingerprint density at radius 1 is 0.867 bits per heavy atom. The number of hydrogen-bond donors (Lipinski definition) is 1. The van der Waals surface area contributed by atoms with Crippen molar-refractivity contribution < 1.29 is 19.4 Å². The molecule has 0 radical (unpaired) electrons. The number of aliphatic hydroxyl groups excluding tert-OH is 1. The Labute approximate surface area is 183 Å². The number of hydrogen-bond acceptors (Lipinski definition) is 4. The molecular weight excluding hydrogens is 446 g/mol. The number of anilines is 1. The Bertz CT molecular complexity index is 1110. The first-order valence-electron chi connectivity index (χ1n) is 9.34. The Morgan fingerprint density at radius 2 is 1.43 bits per heavy atom. The van der Waals surface area contributed by atoms with E-state index in [0.717, 1.165) is 15.6 Å². The van der Waals surface area contributed by atoms with Gasteiger partial charge in [0.05, 0.1) is 20.3 Å². The second-order valence-electron chi connectivity index (χ2n) is 6.79. The minimum absolute atomic E-state index is 0.267. The fourth-order valence-electron chi connectivity index (χ4n) is 3.67. The predicted molar refractivity (Wildman–Crippen MR) is 120 cm³/mol. The molecule has 1 atom stereocenters. The van der Waals surface area contributed by atoms with Gasteiger partial charge in [-0.15, -0.1) is 0 Å². The van der Waals surface area contributed by atoms with Gasteiger partial charge in [0.25, 0.3) is 5.91 Å². The third kappa shape index (κ3) is 3.44. The summed E-state index contributed by atoms with van der Waals surface area (Å²) < 4.78 is 11.3. The van der Waals surface area contributed by atoms with Gasteiger partial charge < -0.3 is 14.6 Å². The van der Waals surface area contributed by atoms with E-state index >= 15 is 0 Å². The standard InChI is InChI=1S/C24H20BrNO4/c1-29-17-11-7-15(8-12-17)21-22(19-5-3-4-6-20(19)25)26(24(28)23(21)27)16-9-13-18(30-2)14-10-16/h3-14,22,27H,1-2H3/t22-/m1/s1. The van der Waals surface area contributed by atoms with Gasteiger partial charge >= 0.3 is 0 Å². The molecule has 1 aliphatic rings. The van der Waals surface area contributed by atoms with E-state index in [0.29, 0.717) is 22.8 Å². The Morgan fingerprint density at radius 3 is 2.00 bits per heavy atom. The Hall–Kier alpha value is -3.25. The zero-order chi connectivity index (χ0) is 21.3. The van der Waals surface area contributed by atoms with Gasteiger partial charge in [0.1, 0.15) is 11.5 Å². The molecule has 0 unspecified atom stereocenters. The summed E-state index contributed by atoms with van der Waals surface area (Å²) in [6, 6.07) is 21.7. The van der Waals surface area contributed by atoms with Crippen LogP contribution in [0.15, 0.2) is 83.0 Å². The van der Waals surface area contributed by atoms with E-state index in [4.69, 9.17) is 9.47 Å². The molecule has 0 fully saturated rings. The number of rotatable bonds is 5. The molecule has 3 aromatic carbocycles. The van der Waals surface area contributed by atoms with Crippen LogP contribution in [-0.2, 0) is 4.79 Å². The molecule has 30 heavy (non-hydrogen) atoms. The van der Waals surface area contributed by atoms with E-state index < -0.39 is 11.9 Å². The van der Waals surface area contributed by atoms with E-state index in [-0.39, 0.29) is 5.76 Å². The van der Waals surface area contributed by atoms with Crippen LogP contribution in [0.1, 0.15) is 17.2 Å². The molecule has 5 nitrogen and oxygen atoms in total. The smallest absolute Gasteiger partial charge is 0.294 e. The summed E-state index contributed by atoms with van der Waals surface area (Å²) in [6.07, 6.45) is 0. The second kappa shape index (κ2) is 8.24. The molecule has 1 aliphatic heterocycles. The van der Waals surface area contributed by atoms with Crippen molar-refractivity contribution in [1.82, 2.24) is 0 Å². The summed E-state index contributed by atoms with van der Waals surface area (Å²) in [5.41, 5.74) is 2.83.